The smallest absolute Gasteiger partial charge is 0.233 e. The van der Waals surface area contributed by atoms with Gasteiger partial charge in [0.2, 0.25) is 5.88 Å². The van der Waals surface area contributed by atoms with E-state index in [0.29, 0.717) is 35.2 Å². The van der Waals surface area contributed by atoms with Crippen molar-refractivity contribution in [2.45, 2.75) is 43.9 Å². The van der Waals surface area contributed by atoms with Gasteiger partial charge in [0.15, 0.2) is 0 Å². The van der Waals surface area contributed by atoms with E-state index in [4.69, 9.17) is 21.1 Å². The first kappa shape index (κ1) is 20.9. The standard InChI is InChI=1S/C19H23ClN2O6/c1-2-27-15-6-4-12(21-22-15)8-11-7-10(3-5-13(11)20)19-18(26)17(25)16(24)14(9-23)28-19/h3-7,14,16-19,23-26H,2,8-9H2,1H3/t14-,16-,17+,18-,19+/m1/s1. The van der Waals surface area contributed by atoms with Crippen LogP contribution in [0.4, 0.5) is 0 Å². The molecule has 28 heavy (non-hydrogen) atoms. The minimum atomic E-state index is -1.44. The van der Waals surface area contributed by atoms with E-state index in [2.05, 4.69) is 10.2 Å². The highest BCUT2D eigenvalue weighted by Crippen LogP contribution is 2.34. The predicted octanol–water partition coefficient (Wildman–Crippen LogP) is 0.634. The number of ether oxygens (including phenoxy) is 2. The first-order valence-corrected chi connectivity index (χ1v) is 9.36. The van der Waals surface area contributed by atoms with Crippen molar-refractivity contribution >= 4 is 11.6 Å². The number of rotatable bonds is 6. The Morgan fingerprint density at radius 2 is 1.86 bits per heavy atom. The van der Waals surface area contributed by atoms with Crippen LogP contribution < -0.4 is 4.74 Å². The van der Waals surface area contributed by atoms with Crippen LogP contribution in [0.25, 0.3) is 0 Å². The molecule has 1 aromatic heterocycles. The van der Waals surface area contributed by atoms with E-state index in [-0.39, 0.29) is 0 Å². The summed E-state index contributed by atoms with van der Waals surface area (Å²) in [7, 11) is 0. The van der Waals surface area contributed by atoms with Crippen LogP contribution in [0.5, 0.6) is 5.88 Å². The summed E-state index contributed by atoms with van der Waals surface area (Å²) in [5.41, 5.74) is 1.97. The van der Waals surface area contributed by atoms with Gasteiger partial charge in [-0.1, -0.05) is 23.7 Å². The van der Waals surface area contributed by atoms with Crippen LogP contribution in [-0.2, 0) is 11.2 Å². The Balaban J connectivity index is 1.82. The van der Waals surface area contributed by atoms with Crippen molar-refractivity contribution in [3.63, 3.8) is 0 Å². The summed E-state index contributed by atoms with van der Waals surface area (Å²) in [6.07, 6.45) is -5.69. The normalized spacial score (nSPS) is 27.6. The number of hydrogen-bond donors (Lipinski definition) is 4. The summed E-state index contributed by atoms with van der Waals surface area (Å²) in [5, 5.41) is 48.2. The van der Waals surface area contributed by atoms with Gasteiger partial charge in [0.05, 0.1) is 18.9 Å². The number of nitrogens with zero attached hydrogens (tertiary/aromatic N) is 2. The van der Waals surface area contributed by atoms with Gasteiger partial charge in [0.25, 0.3) is 0 Å². The second-order valence-corrected chi connectivity index (χ2v) is 6.98. The largest absolute Gasteiger partial charge is 0.477 e. The Bertz CT molecular complexity index is 788. The molecule has 2 aromatic rings. The molecule has 152 valence electrons. The van der Waals surface area contributed by atoms with Gasteiger partial charge in [-0.15, -0.1) is 5.10 Å². The molecule has 4 N–H and O–H groups in total. The van der Waals surface area contributed by atoms with Crippen molar-refractivity contribution in [3.8, 4) is 5.88 Å². The highest BCUT2D eigenvalue weighted by atomic mass is 35.5. The third kappa shape index (κ3) is 4.43. The number of aliphatic hydroxyl groups is 4. The van der Waals surface area contributed by atoms with Crippen molar-refractivity contribution in [2.75, 3.05) is 13.2 Å². The van der Waals surface area contributed by atoms with Gasteiger partial charge in [0, 0.05) is 17.5 Å². The molecular weight excluding hydrogens is 388 g/mol. The molecule has 1 aromatic carbocycles. The molecule has 1 fully saturated rings. The molecule has 1 aliphatic rings. The van der Waals surface area contributed by atoms with Crippen LogP contribution in [0.1, 0.15) is 29.8 Å². The molecule has 0 aliphatic carbocycles. The molecule has 2 heterocycles. The molecule has 1 saturated heterocycles. The average molecular weight is 411 g/mol. The minimum Gasteiger partial charge on any atom is -0.477 e. The number of aliphatic hydroxyl groups excluding tert-OH is 4. The van der Waals surface area contributed by atoms with Gasteiger partial charge < -0.3 is 29.9 Å². The summed E-state index contributed by atoms with van der Waals surface area (Å²) in [6.45, 7) is 1.88. The van der Waals surface area contributed by atoms with Crippen LogP contribution in [0.15, 0.2) is 30.3 Å². The highest BCUT2D eigenvalue weighted by molar-refractivity contribution is 6.31. The number of aromatic nitrogens is 2. The fourth-order valence-corrected chi connectivity index (χ4v) is 3.33. The molecule has 1 aliphatic heterocycles. The fourth-order valence-electron chi connectivity index (χ4n) is 3.15. The maximum atomic E-state index is 10.3. The molecule has 0 saturated carbocycles. The van der Waals surface area contributed by atoms with Crippen LogP contribution in [0.3, 0.4) is 0 Å². The lowest BCUT2D eigenvalue weighted by Gasteiger charge is -2.40. The molecule has 0 radical (unpaired) electrons. The van der Waals surface area contributed by atoms with E-state index in [1.807, 2.05) is 6.92 Å². The zero-order chi connectivity index (χ0) is 20.3. The Hall–Kier alpha value is -1.81. The molecule has 0 spiro atoms. The summed E-state index contributed by atoms with van der Waals surface area (Å²) in [4.78, 5) is 0. The van der Waals surface area contributed by atoms with Crippen LogP contribution in [-0.4, -0.2) is 68.3 Å². The zero-order valence-corrected chi connectivity index (χ0v) is 16.0. The Morgan fingerprint density at radius 1 is 1.07 bits per heavy atom. The van der Waals surface area contributed by atoms with E-state index in [0.717, 1.165) is 5.56 Å². The zero-order valence-electron chi connectivity index (χ0n) is 15.3. The lowest BCUT2D eigenvalue weighted by atomic mass is 9.90. The first-order chi connectivity index (χ1) is 13.4. The third-order valence-electron chi connectivity index (χ3n) is 4.65. The molecule has 0 bridgehead atoms. The Kier molecular flexibility index (Phi) is 6.82. The first-order valence-electron chi connectivity index (χ1n) is 8.98. The van der Waals surface area contributed by atoms with E-state index >= 15 is 0 Å². The molecule has 5 atom stereocenters. The van der Waals surface area contributed by atoms with Gasteiger partial charge in [0.1, 0.15) is 30.5 Å². The van der Waals surface area contributed by atoms with Gasteiger partial charge in [-0.2, -0.15) is 5.10 Å². The van der Waals surface area contributed by atoms with Gasteiger partial charge in [-0.25, -0.2) is 0 Å². The summed E-state index contributed by atoms with van der Waals surface area (Å²) < 4.78 is 10.9. The van der Waals surface area contributed by atoms with Crippen molar-refractivity contribution in [1.82, 2.24) is 10.2 Å². The fraction of sp³-hybridized carbons (Fsp3) is 0.474. The summed E-state index contributed by atoms with van der Waals surface area (Å²) >= 11 is 6.30. The van der Waals surface area contributed by atoms with Crippen LogP contribution in [0, 0.1) is 0 Å². The maximum Gasteiger partial charge on any atom is 0.233 e. The molecule has 8 nitrogen and oxygen atoms in total. The molecule has 3 rings (SSSR count). The average Bonchev–Trinajstić information content (AvgIpc) is 2.70. The van der Waals surface area contributed by atoms with Crippen LogP contribution in [0.2, 0.25) is 5.02 Å². The summed E-state index contributed by atoms with van der Waals surface area (Å²) in [6, 6.07) is 8.58. The van der Waals surface area contributed by atoms with Crippen molar-refractivity contribution in [2.24, 2.45) is 0 Å². The number of benzene rings is 1. The van der Waals surface area contributed by atoms with Crippen molar-refractivity contribution in [1.29, 1.82) is 0 Å². The topological polar surface area (TPSA) is 125 Å². The van der Waals surface area contributed by atoms with Gasteiger partial charge >= 0.3 is 0 Å². The Labute approximate surface area is 167 Å². The van der Waals surface area contributed by atoms with E-state index in [9.17, 15) is 20.4 Å². The van der Waals surface area contributed by atoms with E-state index in [1.54, 1.807) is 30.3 Å². The highest BCUT2D eigenvalue weighted by Gasteiger charge is 2.44. The van der Waals surface area contributed by atoms with E-state index in [1.165, 1.54) is 0 Å². The monoisotopic (exact) mass is 410 g/mol. The van der Waals surface area contributed by atoms with Crippen molar-refractivity contribution in [3.05, 3.63) is 52.2 Å². The lowest BCUT2D eigenvalue weighted by Crippen LogP contribution is -2.55. The number of hydrogen-bond acceptors (Lipinski definition) is 8. The van der Waals surface area contributed by atoms with Crippen molar-refractivity contribution < 1.29 is 29.9 Å². The number of halogens is 1. The lowest BCUT2D eigenvalue weighted by molar-refractivity contribution is -0.231. The molecule has 0 amide bonds. The minimum absolute atomic E-state index is 0.392. The summed E-state index contributed by atoms with van der Waals surface area (Å²) in [5.74, 6) is 0.437. The Morgan fingerprint density at radius 3 is 2.50 bits per heavy atom. The van der Waals surface area contributed by atoms with Gasteiger partial charge in [-0.05, 0) is 30.2 Å². The van der Waals surface area contributed by atoms with E-state index < -0.39 is 37.1 Å². The second kappa shape index (κ2) is 9.13. The van der Waals surface area contributed by atoms with Crippen LogP contribution >= 0.6 is 11.6 Å². The van der Waals surface area contributed by atoms with Gasteiger partial charge in [-0.3, -0.25) is 0 Å². The SMILES string of the molecule is CCOc1ccc(Cc2cc([C@@H]3O[C@H](CO)[C@@H](O)[C@H](O)[C@H]3O)ccc2Cl)nn1. The molecular formula is C19H23ClN2O6. The molecule has 0 unspecified atom stereocenters. The quantitative estimate of drug-likeness (QED) is 0.546. The second-order valence-electron chi connectivity index (χ2n) is 6.57. The predicted molar refractivity (Wildman–Crippen MR) is 100 cm³/mol. The molecule has 9 heteroatoms. The third-order valence-corrected chi connectivity index (χ3v) is 5.02. The maximum absolute atomic E-state index is 10.3.